The fourth-order valence-corrected chi connectivity index (χ4v) is 3.19. The predicted molar refractivity (Wildman–Crippen MR) is 68.1 cm³/mol. The first-order valence-electron chi connectivity index (χ1n) is 6.51. The first kappa shape index (κ1) is 11.9. The zero-order chi connectivity index (χ0) is 11.9. The van der Waals surface area contributed by atoms with Crippen LogP contribution in [0.4, 0.5) is 0 Å². The van der Waals surface area contributed by atoms with E-state index >= 15 is 0 Å². The van der Waals surface area contributed by atoms with Crippen LogP contribution in [0.5, 0.6) is 0 Å². The maximum atomic E-state index is 10.5. The molecule has 0 amide bonds. The molecular weight excluding hydrogens is 196 g/mol. The van der Waals surface area contributed by atoms with E-state index < -0.39 is 5.60 Å². The van der Waals surface area contributed by atoms with Gasteiger partial charge in [0.05, 0.1) is 5.60 Å². The average Bonchev–Trinajstić information content (AvgIpc) is 2.38. The standard InChI is InChI=1S/C15H24O/c1-10(2)12-6-5-11(3)13-7-8-15(4,16)14(13)9-12/h5,9-10,13-14,16H,6-8H2,1-4H3/t13-,14-,15-/m0/s1. The number of hydrogen-bond donors (Lipinski definition) is 1. The van der Waals surface area contributed by atoms with E-state index in [1.165, 1.54) is 11.1 Å². The average molecular weight is 220 g/mol. The van der Waals surface area contributed by atoms with Crippen molar-refractivity contribution in [2.45, 2.75) is 52.6 Å². The van der Waals surface area contributed by atoms with Crippen molar-refractivity contribution in [2.75, 3.05) is 0 Å². The quantitative estimate of drug-likeness (QED) is 0.668. The number of aliphatic hydroxyl groups is 1. The Kier molecular flexibility index (Phi) is 3.00. The number of fused-ring (bicyclic) bond motifs is 1. The lowest BCUT2D eigenvalue weighted by Crippen LogP contribution is -2.30. The number of allylic oxidation sites excluding steroid dienone is 3. The van der Waals surface area contributed by atoms with Crippen LogP contribution in [0, 0.1) is 17.8 Å². The van der Waals surface area contributed by atoms with Crippen LogP contribution < -0.4 is 0 Å². The van der Waals surface area contributed by atoms with Crippen molar-refractivity contribution >= 4 is 0 Å². The second-order valence-electron chi connectivity index (χ2n) is 6.08. The molecule has 1 saturated carbocycles. The van der Waals surface area contributed by atoms with Gasteiger partial charge in [-0.25, -0.2) is 0 Å². The molecule has 0 aromatic carbocycles. The molecule has 0 heterocycles. The van der Waals surface area contributed by atoms with Gasteiger partial charge in [0.15, 0.2) is 0 Å². The third-order valence-corrected chi connectivity index (χ3v) is 4.49. The highest BCUT2D eigenvalue weighted by Gasteiger charge is 2.43. The largest absolute Gasteiger partial charge is 0.390 e. The monoisotopic (exact) mass is 220 g/mol. The second-order valence-corrected chi connectivity index (χ2v) is 6.08. The summed E-state index contributed by atoms with van der Waals surface area (Å²) < 4.78 is 0. The van der Waals surface area contributed by atoms with E-state index in [9.17, 15) is 5.11 Å². The Morgan fingerprint density at radius 1 is 1.44 bits per heavy atom. The van der Waals surface area contributed by atoms with Crippen LogP contribution in [0.15, 0.2) is 23.3 Å². The molecule has 0 radical (unpaired) electrons. The van der Waals surface area contributed by atoms with E-state index in [0.717, 1.165) is 19.3 Å². The normalized spacial score (nSPS) is 39.1. The van der Waals surface area contributed by atoms with E-state index in [1.807, 2.05) is 6.92 Å². The SMILES string of the molecule is CC1=CCC(C(C)C)=C[C@H]2[C@H]1CC[C@]2(C)O. The molecule has 90 valence electrons. The molecule has 0 bridgehead atoms. The zero-order valence-electron chi connectivity index (χ0n) is 11.0. The first-order chi connectivity index (χ1) is 7.42. The van der Waals surface area contributed by atoms with Crippen molar-refractivity contribution < 1.29 is 5.11 Å². The molecule has 0 spiro atoms. The van der Waals surface area contributed by atoms with Crippen LogP contribution in [-0.4, -0.2) is 10.7 Å². The van der Waals surface area contributed by atoms with Crippen LogP contribution in [0.2, 0.25) is 0 Å². The van der Waals surface area contributed by atoms with Crippen molar-refractivity contribution in [3.8, 4) is 0 Å². The zero-order valence-corrected chi connectivity index (χ0v) is 11.0. The highest BCUT2D eigenvalue weighted by atomic mass is 16.3. The summed E-state index contributed by atoms with van der Waals surface area (Å²) >= 11 is 0. The lowest BCUT2D eigenvalue weighted by Gasteiger charge is -2.27. The summed E-state index contributed by atoms with van der Waals surface area (Å²) in [5, 5.41) is 10.5. The fourth-order valence-electron chi connectivity index (χ4n) is 3.19. The van der Waals surface area contributed by atoms with E-state index in [-0.39, 0.29) is 0 Å². The fraction of sp³-hybridized carbons (Fsp3) is 0.733. The highest BCUT2D eigenvalue weighted by Crippen LogP contribution is 2.47. The molecule has 0 saturated heterocycles. The van der Waals surface area contributed by atoms with Crippen LogP contribution in [0.25, 0.3) is 0 Å². The number of rotatable bonds is 1. The van der Waals surface area contributed by atoms with Gasteiger partial charge in [0.1, 0.15) is 0 Å². The molecule has 1 heteroatoms. The van der Waals surface area contributed by atoms with Gasteiger partial charge in [0.25, 0.3) is 0 Å². The Morgan fingerprint density at radius 3 is 2.75 bits per heavy atom. The van der Waals surface area contributed by atoms with Gasteiger partial charge in [-0.2, -0.15) is 0 Å². The Balaban J connectivity index is 2.37. The Morgan fingerprint density at radius 2 is 2.12 bits per heavy atom. The molecule has 3 atom stereocenters. The lowest BCUT2D eigenvalue weighted by atomic mass is 9.83. The van der Waals surface area contributed by atoms with Crippen molar-refractivity contribution in [1.29, 1.82) is 0 Å². The first-order valence-corrected chi connectivity index (χ1v) is 6.51. The van der Waals surface area contributed by atoms with Gasteiger partial charge >= 0.3 is 0 Å². The van der Waals surface area contributed by atoms with Crippen molar-refractivity contribution in [1.82, 2.24) is 0 Å². The second kappa shape index (κ2) is 4.03. The van der Waals surface area contributed by atoms with Gasteiger partial charge in [-0.15, -0.1) is 0 Å². The maximum Gasteiger partial charge on any atom is 0.0688 e. The third kappa shape index (κ3) is 1.98. The molecule has 2 aliphatic carbocycles. The minimum atomic E-state index is -0.496. The summed E-state index contributed by atoms with van der Waals surface area (Å²) in [6, 6.07) is 0. The summed E-state index contributed by atoms with van der Waals surface area (Å²) in [7, 11) is 0. The summed E-state index contributed by atoms with van der Waals surface area (Å²) in [6.07, 6.45) is 7.90. The molecule has 1 nitrogen and oxygen atoms in total. The predicted octanol–water partition coefficient (Wildman–Crippen LogP) is 3.70. The molecule has 0 aromatic rings. The molecule has 1 N–H and O–H groups in total. The molecule has 2 rings (SSSR count). The van der Waals surface area contributed by atoms with Gasteiger partial charge in [-0.1, -0.05) is 37.1 Å². The Bertz CT molecular complexity index is 333. The summed E-state index contributed by atoms with van der Waals surface area (Å²) in [5.41, 5.74) is 2.48. The van der Waals surface area contributed by atoms with Crippen LogP contribution in [0.1, 0.15) is 47.0 Å². The lowest BCUT2D eigenvalue weighted by molar-refractivity contribution is 0.0329. The van der Waals surface area contributed by atoms with Gasteiger partial charge in [0.2, 0.25) is 0 Å². The van der Waals surface area contributed by atoms with Crippen molar-refractivity contribution in [3.63, 3.8) is 0 Å². The minimum Gasteiger partial charge on any atom is -0.390 e. The molecule has 1 fully saturated rings. The maximum absolute atomic E-state index is 10.5. The summed E-state index contributed by atoms with van der Waals surface area (Å²) in [4.78, 5) is 0. The topological polar surface area (TPSA) is 20.2 Å². The van der Waals surface area contributed by atoms with E-state index in [2.05, 4.69) is 32.9 Å². The molecule has 16 heavy (non-hydrogen) atoms. The summed E-state index contributed by atoms with van der Waals surface area (Å²) in [6.45, 7) is 8.74. The Labute approximate surface area is 99.3 Å². The Hall–Kier alpha value is -0.560. The van der Waals surface area contributed by atoms with Gasteiger partial charge in [0, 0.05) is 5.92 Å². The van der Waals surface area contributed by atoms with Crippen LogP contribution >= 0.6 is 0 Å². The van der Waals surface area contributed by atoms with Gasteiger partial charge in [-0.3, -0.25) is 0 Å². The molecule has 0 aliphatic heterocycles. The van der Waals surface area contributed by atoms with Crippen molar-refractivity contribution in [3.05, 3.63) is 23.3 Å². The van der Waals surface area contributed by atoms with E-state index in [0.29, 0.717) is 17.8 Å². The van der Waals surface area contributed by atoms with Crippen LogP contribution in [0.3, 0.4) is 0 Å². The number of hydrogen-bond acceptors (Lipinski definition) is 1. The van der Waals surface area contributed by atoms with E-state index in [1.54, 1.807) is 0 Å². The highest BCUT2D eigenvalue weighted by molar-refractivity contribution is 5.26. The van der Waals surface area contributed by atoms with E-state index in [4.69, 9.17) is 0 Å². The van der Waals surface area contributed by atoms with Gasteiger partial charge < -0.3 is 5.11 Å². The summed E-state index contributed by atoms with van der Waals surface area (Å²) in [5.74, 6) is 1.51. The molecular formula is C15H24O. The third-order valence-electron chi connectivity index (χ3n) is 4.49. The molecule has 0 aromatic heterocycles. The van der Waals surface area contributed by atoms with Crippen molar-refractivity contribution in [2.24, 2.45) is 17.8 Å². The van der Waals surface area contributed by atoms with Crippen LogP contribution in [-0.2, 0) is 0 Å². The minimum absolute atomic E-state index is 0.337. The van der Waals surface area contributed by atoms with Gasteiger partial charge in [-0.05, 0) is 44.9 Å². The smallest absolute Gasteiger partial charge is 0.0688 e. The molecule has 2 aliphatic rings. The molecule has 0 unspecified atom stereocenters.